The zero-order valence-electron chi connectivity index (χ0n) is 12.7. The molecule has 0 saturated heterocycles. The summed E-state index contributed by atoms with van der Waals surface area (Å²) in [6.45, 7) is 1.70. The van der Waals surface area contributed by atoms with Gasteiger partial charge in [0.15, 0.2) is 0 Å². The highest BCUT2D eigenvalue weighted by Gasteiger charge is 2.34. The van der Waals surface area contributed by atoms with Gasteiger partial charge in [0.1, 0.15) is 11.6 Å². The summed E-state index contributed by atoms with van der Waals surface area (Å²) in [4.78, 5) is 7.89. The van der Waals surface area contributed by atoms with Crippen molar-refractivity contribution in [3.8, 4) is 6.07 Å². The summed E-state index contributed by atoms with van der Waals surface area (Å²) in [5.74, 6) is -0.903. The first-order valence-corrected chi connectivity index (χ1v) is 7.20. The monoisotopic (exact) mass is 327 g/mol. The molecule has 24 heavy (non-hydrogen) atoms. The first-order chi connectivity index (χ1) is 11.4. The van der Waals surface area contributed by atoms with Crippen molar-refractivity contribution in [2.75, 3.05) is 0 Å². The Kier molecular flexibility index (Phi) is 3.94. The van der Waals surface area contributed by atoms with Crippen molar-refractivity contribution < 1.29 is 13.2 Å². The molecule has 6 heteroatoms. The number of para-hydroxylation sites is 1. The van der Waals surface area contributed by atoms with E-state index in [0.29, 0.717) is 16.6 Å². The summed E-state index contributed by atoms with van der Waals surface area (Å²) in [6.07, 6.45) is -3.08. The van der Waals surface area contributed by atoms with E-state index in [-0.39, 0.29) is 11.1 Å². The fraction of sp³-hybridized carbons (Fsp3) is 0.167. The van der Waals surface area contributed by atoms with Gasteiger partial charge in [-0.25, -0.2) is 4.98 Å². The number of fused-ring (bicyclic) bond motifs is 1. The van der Waals surface area contributed by atoms with E-state index in [1.165, 1.54) is 6.20 Å². The van der Waals surface area contributed by atoms with Crippen LogP contribution in [0, 0.1) is 18.3 Å². The average molecular weight is 327 g/mol. The van der Waals surface area contributed by atoms with Crippen LogP contribution in [0.25, 0.3) is 10.9 Å². The maximum atomic E-state index is 13.2. The average Bonchev–Trinajstić information content (AvgIpc) is 2.56. The molecule has 3 rings (SSSR count). The van der Waals surface area contributed by atoms with Crippen LogP contribution in [0.4, 0.5) is 13.2 Å². The Labute approximate surface area is 136 Å². The number of nitrogens with zero attached hydrogens (tertiary/aromatic N) is 3. The number of hydrogen-bond donors (Lipinski definition) is 0. The summed E-state index contributed by atoms with van der Waals surface area (Å²) in [5, 5.41) is 10.1. The molecule has 1 unspecified atom stereocenters. The smallest absolute Gasteiger partial charge is 0.260 e. The lowest BCUT2D eigenvalue weighted by Gasteiger charge is -2.16. The molecule has 0 bridgehead atoms. The predicted octanol–water partition coefficient (Wildman–Crippen LogP) is 4.61. The van der Waals surface area contributed by atoms with Crippen LogP contribution in [0.1, 0.15) is 28.4 Å². The molecule has 3 nitrogen and oxygen atoms in total. The topological polar surface area (TPSA) is 49.6 Å². The molecule has 3 aromatic rings. The predicted molar refractivity (Wildman–Crippen MR) is 83.2 cm³/mol. The fourth-order valence-corrected chi connectivity index (χ4v) is 2.64. The molecule has 0 N–H and O–H groups in total. The third-order valence-electron chi connectivity index (χ3n) is 3.79. The molecule has 0 fully saturated rings. The summed E-state index contributed by atoms with van der Waals surface area (Å²) in [7, 11) is 0. The zero-order chi connectivity index (χ0) is 17.3. The van der Waals surface area contributed by atoms with Crippen molar-refractivity contribution in [1.29, 1.82) is 5.26 Å². The Balaban J connectivity index is 2.34. The molecule has 120 valence electrons. The summed E-state index contributed by atoms with van der Waals surface area (Å²) < 4.78 is 39.7. The van der Waals surface area contributed by atoms with Crippen molar-refractivity contribution in [3.63, 3.8) is 0 Å². The van der Waals surface area contributed by atoms with Crippen molar-refractivity contribution in [2.45, 2.75) is 19.0 Å². The Morgan fingerprint density at radius 1 is 1.12 bits per heavy atom. The molecular formula is C18H12F3N3. The molecular weight excluding hydrogens is 315 g/mol. The Hall–Kier alpha value is -2.94. The van der Waals surface area contributed by atoms with E-state index in [1.807, 2.05) is 0 Å². The molecule has 2 aromatic heterocycles. The Morgan fingerprint density at radius 3 is 2.54 bits per heavy atom. The first kappa shape index (κ1) is 15.9. The van der Waals surface area contributed by atoms with Gasteiger partial charge in [0.2, 0.25) is 0 Å². The number of nitriles is 1. The van der Waals surface area contributed by atoms with Crippen molar-refractivity contribution in [1.82, 2.24) is 9.97 Å². The van der Waals surface area contributed by atoms with Crippen LogP contribution < -0.4 is 0 Å². The van der Waals surface area contributed by atoms with E-state index in [9.17, 15) is 18.4 Å². The molecule has 1 aromatic carbocycles. The van der Waals surface area contributed by atoms with Crippen LogP contribution in [0.5, 0.6) is 0 Å². The van der Waals surface area contributed by atoms with E-state index in [0.717, 1.165) is 6.07 Å². The number of pyridine rings is 2. The van der Waals surface area contributed by atoms with Gasteiger partial charge in [0.05, 0.1) is 17.3 Å². The number of rotatable bonds is 2. The van der Waals surface area contributed by atoms with Crippen molar-refractivity contribution in [3.05, 3.63) is 71.2 Å². The maximum absolute atomic E-state index is 13.2. The SMILES string of the molecule is Cc1cccc2c(C(C#N)c3ccccn3)cc(C(F)(F)F)nc12. The van der Waals surface area contributed by atoms with Crippen LogP contribution in [-0.4, -0.2) is 9.97 Å². The lowest BCUT2D eigenvalue weighted by Crippen LogP contribution is -2.11. The van der Waals surface area contributed by atoms with Crippen LogP contribution in [-0.2, 0) is 6.18 Å². The lowest BCUT2D eigenvalue weighted by atomic mass is 9.92. The minimum absolute atomic E-state index is 0.249. The van der Waals surface area contributed by atoms with Gasteiger partial charge < -0.3 is 0 Å². The van der Waals surface area contributed by atoms with E-state index in [2.05, 4.69) is 16.0 Å². The molecule has 1 atom stereocenters. The Bertz CT molecular complexity index is 928. The number of alkyl halides is 3. The second kappa shape index (κ2) is 5.93. The van der Waals surface area contributed by atoms with Gasteiger partial charge in [0, 0.05) is 11.6 Å². The minimum Gasteiger partial charge on any atom is -0.260 e. The number of hydrogen-bond acceptors (Lipinski definition) is 3. The highest BCUT2D eigenvalue weighted by molar-refractivity contribution is 5.86. The number of halogens is 3. The van der Waals surface area contributed by atoms with E-state index >= 15 is 0 Å². The zero-order valence-corrected chi connectivity index (χ0v) is 12.7. The summed E-state index contributed by atoms with van der Waals surface area (Å²) in [5.41, 5.74) is 0.533. The number of aryl methyl sites for hydroxylation is 1. The van der Waals surface area contributed by atoms with E-state index in [1.54, 1.807) is 43.3 Å². The standard InChI is InChI=1S/C18H12F3N3/c1-11-5-4-6-12-13(9-16(18(19,20)21)24-17(11)12)14(10-22)15-7-2-3-8-23-15/h2-9,14H,1H3. The second-order valence-electron chi connectivity index (χ2n) is 5.38. The highest BCUT2D eigenvalue weighted by atomic mass is 19.4. The molecule has 0 amide bonds. The fourth-order valence-electron chi connectivity index (χ4n) is 2.64. The molecule has 0 aliphatic heterocycles. The highest BCUT2D eigenvalue weighted by Crippen LogP contribution is 2.36. The van der Waals surface area contributed by atoms with Gasteiger partial charge in [-0.05, 0) is 36.2 Å². The van der Waals surface area contributed by atoms with Gasteiger partial charge in [0.25, 0.3) is 0 Å². The molecule has 0 radical (unpaired) electrons. The largest absolute Gasteiger partial charge is 0.433 e. The minimum atomic E-state index is -4.59. The van der Waals surface area contributed by atoms with Gasteiger partial charge in [-0.15, -0.1) is 0 Å². The van der Waals surface area contributed by atoms with Crippen LogP contribution in [0.3, 0.4) is 0 Å². The van der Waals surface area contributed by atoms with Crippen LogP contribution in [0.2, 0.25) is 0 Å². The van der Waals surface area contributed by atoms with Crippen molar-refractivity contribution in [2.24, 2.45) is 0 Å². The van der Waals surface area contributed by atoms with Crippen LogP contribution in [0.15, 0.2) is 48.7 Å². The maximum Gasteiger partial charge on any atom is 0.433 e. The third kappa shape index (κ3) is 2.81. The van der Waals surface area contributed by atoms with E-state index in [4.69, 9.17) is 0 Å². The molecule has 0 aliphatic carbocycles. The van der Waals surface area contributed by atoms with Gasteiger partial charge in [-0.3, -0.25) is 4.98 Å². The number of aromatic nitrogens is 2. The van der Waals surface area contributed by atoms with Gasteiger partial charge in [-0.1, -0.05) is 24.3 Å². The Morgan fingerprint density at radius 2 is 1.92 bits per heavy atom. The quantitative estimate of drug-likeness (QED) is 0.690. The van der Waals surface area contributed by atoms with Gasteiger partial charge in [-0.2, -0.15) is 18.4 Å². The summed E-state index contributed by atoms with van der Waals surface area (Å²) >= 11 is 0. The normalized spacial score (nSPS) is 12.8. The second-order valence-corrected chi connectivity index (χ2v) is 5.38. The molecule has 0 aliphatic rings. The summed E-state index contributed by atoms with van der Waals surface area (Å²) in [6, 6.07) is 13.1. The lowest BCUT2D eigenvalue weighted by molar-refractivity contribution is -0.141. The number of benzene rings is 1. The van der Waals surface area contributed by atoms with E-state index < -0.39 is 17.8 Å². The van der Waals surface area contributed by atoms with Gasteiger partial charge >= 0.3 is 6.18 Å². The van der Waals surface area contributed by atoms with Crippen LogP contribution >= 0.6 is 0 Å². The molecule has 0 saturated carbocycles. The molecule has 2 heterocycles. The third-order valence-corrected chi connectivity index (χ3v) is 3.79. The molecule has 0 spiro atoms. The first-order valence-electron chi connectivity index (χ1n) is 7.20. The van der Waals surface area contributed by atoms with Crippen molar-refractivity contribution >= 4 is 10.9 Å².